The Morgan fingerprint density at radius 2 is 2.20 bits per heavy atom. The maximum absolute atomic E-state index is 9.34. The molecule has 0 aliphatic carbocycles. The fourth-order valence-corrected chi connectivity index (χ4v) is 2.26. The molecule has 0 bridgehead atoms. The number of ether oxygens (including phenoxy) is 1. The predicted molar refractivity (Wildman–Crippen MR) is 79.3 cm³/mol. The molecule has 0 aliphatic rings. The van der Waals surface area contributed by atoms with Gasteiger partial charge in [0.05, 0.1) is 6.61 Å². The van der Waals surface area contributed by atoms with E-state index in [1.54, 1.807) is 0 Å². The first-order valence-corrected chi connectivity index (χ1v) is 7.28. The van der Waals surface area contributed by atoms with Gasteiger partial charge in [-0.2, -0.15) is 5.10 Å². The molecule has 1 heterocycles. The highest BCUT2D eigenvalue weighted by molar-refractivity contribution is 9.10. The summed E-state index contributed by atoms with van der Waals surface area (Å²) in [6.07, 6.45) is 1.54. The minimum Gasteiger partial charge on any atom is -0.485 e. The summed E-state index contributed by atoms with van der Waals surface area (Å²) in [7, 11) is 0. The Morgan fingerprint density at radius 3 is 2.90 bits per heavy atom. The minimum absolute atomic E-state index is 0.0620. The van der Waals surface area contributed by atoms with Crippen LogP contribution < -0.4 is 4.74 Å². The van der Waals surface area contributed by atoms with Crippen LogP contribution in [-0.4, -0.2) is 19.9 Å². The third kappa shape index (κ3) is 3.80. The van der Waals surface area contributed by atoms with E-state index in [-0.39, 0.29) is 6.61 Å². The van der Waals surface area contributed by atoms with Crippen LogP contribution in [0.2, 0.25) is 0 Å². The second-order valence-corrected chi connectivity index (χ2v) is 5.87. The number of aliphatic hydroxyl groups excluding tert-OH is 1. The highest BCUT2D eigenvalue weighted by Crippen LogP contribution is 2.24. The van der Waals surface area contributed by atoms with E-state index < -0.39 is 0 Å². The van der Waals surface area contributed by atoms with Crippen LogP contribution in [0.5, 0.6) is 5.75 Å². The Balaban J connectivity index is 2.07. The monoisotopic (exact) mass is 339 g/mol. The summed E-state index contributed by atoms with van der Waals surface area (Å²) in [6.45, 7) is 5.34. The number of hydrogen-bond donors (Lipinski definition) is 1. The molecule has 2 aromatic rings. The molecule has 0 radical (unpaired) electrons. The van der Waals surface area contributed by atoms with Gasteiger partial charge in [-0.15, -0.1) is 0 Å². The molecule has 0 unspecified atom stereocenters. The van der Waals surface area contributed by atoms with E-state index in [4.69, 9.17) is 4.74 Å². The van der Waals surface area contributed by atoms with Gasteiger partial charge in [-0.1, -0.05) is 29.8 Å². The van der Waals surface area contributed by atoms with Gasteiger partial charge in [0, 0.05) is 16.6 Å². The summed E-state index contributed by atoms with van der Waals surface area (Å²) in [6, 6.07) is 5.56. The lowest BCUT2D eigenvalue weighted by molar-refractivity contribution is 0.251. The molecular formula is C14H18BrN3O2. The van der Waals surface area contributed by atoms with Gasteiger partial charge in [-0.3, -0.25) is 0 Å². The summed E-state index contributed by atoms with van der Waals surface area (Å²) in [5, 5.41) is 13.5. The average molecular weight is 340 g/mol. The van der Waals surface area contributed by atoms with Crippen LogP contribution in [-0.2, 0) is 19.8 Å². The number of nitrogens with zero attached hydrogens (tertiary/aromatic N) is 3. The van der Waals surface area contributed by atoms with E-state index in [1.807, 2.05) is 22.9 Å². The first-order chi connectivity index (χ1) is 9.60. The zero-order valence-corrected chi connectivity index (χ0v) is 13.2. The Hall–Kier alpha value is -1.40. The Labute approximate surface area is 126 Å². The maximum atomic E-state index is 9.34. The van der Waals surface area contributed by atoms with Gasteiger partial charge in [-0.25, -0.2) is 9.67 Å². The summed E-state index contributed by atoms with van der Waals surface area (Å²) in [5.41, 5.74) is 0.745. The Morgan fingerprint density at radius 1 is 1.40 bits per heavy atom. The normalized spacial score (nSPS) is 11.1. The summed E-state index contributed by atoms with van der Waals surface area (Å²) in [5.74, 6) is 1.94. The van der Waals surface area contributed by atoms with Crippen LogP contribution in [0.3, 0.4) is 0 Å². The van der Waals surface area contributed by atoms with Crippen LogP contribution in [0.15, 0.2) is 29.0 Å². The molecule has 1 N–H and O–H groups in total. The molecule has 108 valence electrons. The molecule has 0 saturated heterocycles. The Kier molecular flexibility index (Phi) is 5.14. The first-order valence-electron chi connectivity index (χ1n) is 6.49. The molecule has 0 atom stereocenters. The molecule has 2 rings (SSSR count). The fourth-order valence-electron chi connectivity index (χ4n) is 1.85. The van der Waals surface area contributed by atoms with E-state index in [9.17, 15) is 5.11 Å². The molecule has 5 nitrogen and oxygen atoms in total. The van der Waals surface area contributed by atoms with Crippen molar-refractivity contribution in [2.24, 2.45) is 5.92 Å². The van der Waals surface area contributed by atoms with Gasteiger partial charge in [0.2, 0.25) is 0 Å². The van der Waals surface area contributed by atoms with Crippen LogP contribution in [0.25, 0.3) is 0 Å². The zero-order valence-electron chi connectivity index (χ0n) is 11.6. The number of halogens is 1. The van der Waals surface area contributed by atoms with Gasteiger partial charge in [0.1, 0.15) is 18.7 Å². The van der Waals surface area contributed by atoms with Crippen molar-refractivity contribution in [3.8, 4) is 5.75 Å². The average Bonchev–Trinajstić information content (AvgIpc) is 2.83. The van der Waals surface area contributed by atoms with Crippen LogP contribution >= 0.6 is 15.9 Å². The molecule has 1 aromatic carbocycles. The van der Waals surface area contributed by atoms with Crippen molar-refractivity contribution < 1.29 is 9.84 Å². The molecule has 0 fully saturated rings. The highest BCUT2D eigenvalue weighted by Gasteiger charge is 2.09. The molecule has 0 amide bonds. The SMILES string of the molecule is CC(C)Cn1ncnc1COc1ccc(Br)cc1CO. The fraction of sp³-hybridized carbons (Fsp3) is 0.429. The smallest absolute Gasteiger partial charge is 0.164 e. The van der Waals surface area contributed by atoms with Crippen molar-refractivity contribution in [1.29, 1.82) is 0 Å². The molecular weight excluding hydrogens is 322 g/mol. The maximum Gasteiger partial charge on any atom is 0.164 e. The summed E-state index contributed by atoms with van der Waals surface area (Å²) >= 11 is 3.37. The minimum atomic E-state index is -0.0620. The second kappa shape index (κ2) is 6.85. The number of hydrogen-bond acceptors (Lipinski definition) is 4. The van der Waals surface area contributed by atoms with E-state index in [0.29, 0.717) is 18.3 Å². The molecule has 0 aliphatic heterocycles. The first kappa shape index (κ1) is 15.0. The zero-order chi connectivity index (χ0) is 14.5. The van der Waals surface area contributed by atoms with Crippen molar-refractivity contribution in [1.82, 2.24) is 14.8 Å². The highest BCUT2D eigenvalue weighted by atomic mass is 79.9. The van der Waals surface area contributed by atoms with Crippen LogP contribution in [0, 0.1) is 5.92 Å². The molecule has 1 aromatic heterocycles. The van der Waals surface area contributed by atoms with Gasteiger partial charge >= 0.3 is 0 Å². The molecule has 0 saturated carbocycles. The molecule has 0 spiro atoms. The van der Waals surface area contributed by atoms with Gasteiger partial charge in [0.15, 0.2) is 5.82 Å². The van der Waals surface area contributed by atoms with E-state index in [1.165, 1.54) is 6.33 Å². The van der Waals surface area contributed by atoms with Gasteiger partial charge in [0.25, 0.3) is 0 Å². The van der Waals surface area contributed by atoms with Crippen LogP contribution in [0.4, 0.5) is 0 Å². The number of benzene rings is 1. The quantitative estimate of drug-likeness (QED) is 0.878. The molecule has 20 heavy (non-hydrogen) atoms. The topological polar surface area (TPSA) is 60.2 Å². The molecule has 6 heteroatoms. The number of aromatic nitrogens is 3. The van der Waals surface area contributed by atoms with E-state index in [0.717, 1.165) is 22.4 Å². The van der Waals surface area contributed by atoms with Crippen LogP contribution in [0.1, 0.15) is 25.2 Å². The summed E-state index contributed by atoms with van der Waals surface area (Å²) < 4.78 is 8.51. The number of rotatable bonds is 6. The van der Waals surface area contributed by atoms with E-state index in [2.05, 4.69) is 39.9 Å². The lowest BCUT2D eigenvalue weighted by atomic mass is 10.2. The third-order valence-corrected chi connectivity index (χ3v) is 3.28. The van der Waals surface area contributed by atoms with Gasteiger partial charge < -0.3 is 9.84 Å². The van der Waals surface area contributed by atoms with Crippen molar-refractivity contribution in [2.45, 2.75) is 33.6 Å². The number of aliphatic hydroxyl groups is 1. The second-order valence-electron chi connectivity index (χ2n) is 4.95. The van der Waals surface area contributed by atoms with Crippen molar-refractivity contribution in [3.63, 3.8) is 0 Å². The van der Waals surface area contributed by atoms with Crippen molar-refractivity contribution in [3.05, 3.63) is 40.4 Å². The summed E-state index contributed by atoms with van der Waals surface area (Å²) in [4.78, 5) is 4.21. The standard InChI is InChI=1S/C14H18BrN3O2/c1-10(2)6-18-14(16-9-17-18)8-20-13-4-3-12(15)5-11(13)7-19/h3-5,9-10,19H,6-8H2,1-2H3. The van der Waals surface area contributed by atoms with E-state index >= 15 is 0 Å². The van der Waals surface area contributed by atoms with Crippen molar-refractivity contribution in [2.75, 3.05) is 0 Å². The lowest BCUT2D eigenvalue weighted by Gasteiger charge is -2.12. The Bertz CT molecular complexity index is 569. The predicted octanol–water partition coefficient (Wildman–Crippen LogP) is 2.77. The van der Waals surface area contributed by atoms with Crippen molar-refractivity contribution >= 4 is 15.9 Å². The van der Waals surface area contributed by atoms with Gasteiger partial charge in [-0.05, 0) is 24.1 Å². The third-order valence-electron chi connectivity index (χ3n) is 2.78. The largest absolute Gasteiger partial charge is 0.485 e. The lowest BCUT2D eigenvalue weighted by Crippen LogP contribution is -2.12.